The van der Waals surface area contributed by atoms with Gasteiger partial charge in [0.15, 0.2) is 0 Å². The van der Waals surface area contributed by atoms with Gasteiger partial charge in [-0.3, -0.25) is 4.79 Å². The molecule has 1 aromatic heterocycles. The number of thiophene rings is 1. The summed E-state index contributed by atoms with van der Waals surface area (Å²) in [7, 11) is 0. The normalized spacial score (nSPS) is 17.1. The van der Waals surface area contributed by atoms with E-state index in [1.165, 1.54) is 16.9 Å². The van der Waals surface area contributed by atoms with Crippen molar-refractivity contribution < 1.29 is 9.90 Å². The second kappa shape index (κ2) is 4.97. The fourth-order valence-corrected chi connectivity index (χ4v) is 2.63. The van der Waals surface area contributed by atoms with Crippen molar-refractivity contribution in [3.63, 3.8) is 0 Å². The highest BCUT2D eigenvalue weighted by molar-refractivity contribution is 7.12. The summed E-state index contributed by atoms with van der Waals surface area (Å²) < 4.78 is 0. The van der Waals surface area contributed by atoms with E-state index in [9.17, 15) is 9.90 Å². The van der Waals surface area contributed by atoms with Crippen molar-refractivity contribution in [3.8, 4) is 0 Å². The van der Waals surface area contributed by atoms with Crippen LogP contribution in [0.25, 0.3) is 0 Å². The predicted molar refractivity (Wildman–Crippen MR) is 64.8 cm³/mol. The topological polar surface area (TPSA) is 49.3 Å². The van der Waals surface area contributed by atoms with Gasteiger partial charge in [-0.25, -0.2) is 0 Å². The van der Waals surface area contributed by atoms with Gasteiger partial charge in [-0.1, -0.05) is 6.92 Å². The molecule has 0 saturated heterocycles. The largest absolute Gasteiger partial charge is 0.394 e. The summed E-state index contributed by atoms with van der Waals surface area (Å²) in [6.07, 6.45) is 3.20. The SMILES string of the molecule is CCc1csc(C(=O)NC(CO)C2CC2)c1. The van der Waals surface area contributed by atoms with Crippen LogP contribution in [0, 0.1) is 5.92 Å². The van der Waals surface area contributed by atoms with Crippen molar-refractivity contribution in [2.45, 2.75) is 32.2 Å². The van der Waals surface area contributed by atoms with Crippen LogP contribution in [0.3, 0.4) is 0 Å². The number of carbonyl (C=O) groups is 1. The lowest BCUT2D eigenvalue weighted by Crippen LogP contribution is -2.38. The Kier molecular flexibility index (Phi) is 3.61. The Bertz CT molecular complexity index is 371. The third-order valence-electron chi connectivity index (χ3n) is 2.99. The molecule has 2 rings (SSSR count). The maximum absolute atomic E-state index is 11.9. The lowest BCUT2D eigenvalue weighted by molar-refractivity contribution is 0.0912. The molecular formula is C12H17NO2S. The monoisotopic (exact) mass is 239 g/mol. The Labute approximate surface area is 99.5 Å². The zero-order chi connectivity index (χ0) is 11.5. The predicted octanol–water partition coefficient (Wildman–Crippen LogP) is 1.81. The van der Waals surface area contributed by atoms with Gasteiger partial charge in [0, 0.05) is 0 Å². The minimum atomic E-state index is -0.0559. The highest BCUT2D eigenvalue weighted by Crippen LogP contribution is 2.32. The van der Waals surface area contributed by atoms with Crippen LogP contribution in [-0.2, 0) is 6.42 Å². The summed E-state index contributed by atoms with van der Waals surface area (Å²) in [6, 6.07) is 1.88. The molecule has 0 aliphatic heterocycles. The molecule has 1 unspecified atom stereocenters. The number of hydrogen-bond acceptors (Lipinski definition) is 3. The molecule has 1 amide bonds. The molecule has 0 radical (unpaired) electrons. The fraction of sp³-hybridized carbons (Fsp3) is 0.583. The summed E-state index contributed by atoms with van der Waals surface area (Å²) in [6.45, 7) is 2.12. The van der Waals surface area contributed by atoms with E-state index in [-0.39, 0.29) is 18.6 Å². The first kappa shape index (κ1) is 11.6. The number of aliphatic hydroxyl groups excluding tert-OH is 1. The number of aryl methyl sites for hydroxylation is 1. The second-order valence-electron chi connectivity index (χ2n) is 4.27. The summed E-state index contributed by atoms with van der Waals surface area (Å²) in [5, 5.41) is 14.1. The van der Waals surface area contributed by atoms with E-state index >= 15 is 0 Å². The molecule has 1 atom stereocenters. The highest BCUT2D eigenvalue weighted by Gasteiger charge is 2.32. The van der Waals surface area contributed by atoms with Crippen molar-refractivity contribution in [2.75, 3.05) is 6.61 Å². The van der Waals surface area contributed by atoms with Gasteiger partial charge in [0.05, 0.1) is 17.5 Å². The Hall–Kier alpha value is -0.870. The van der Waals surface area contributed by atoms with Crippen LogP contribution in [0.2, 0.25) is 0 Å². The Morgan fingerprint density at radius 2 is 2.44 bits per heavy atom. The molecule has 0 bridgehead atoms. The molecule has 1 fully saturated rings. The average Bonchev–Trinajstić information content (AvgIpc) is 3.02. The van der Waals surface area contributed by atoms with Crippen molar-refractivity contribution in [3.05, 3.63) is 21.9 Å². The molecule has 1 aromatic rings. The molecule has 0 aromatic carbocycles. The molecule has 2 N–H and O–H groups in total. The first-order chi connectivity index (χ1) is 7.74. The zero-order valence-corrected chi connectivity index (χ0v) is 10.2. The third kappa shape index (κ3) is 2.62. The van der Waals surface area contributed by atoms with Gasteiger partial charge in [-0.05, 0) is 42.2 Å². The minimum Gasteiger partial charge on any atom is -0.394 e. The lowest BCUT2D eigenvalue weighted by Gasteiger charge is -2.14. The van der Waals surface area contributed by atoms with E-state index in [1.54, 1.807) is 0 Å². The van der Waals surface area contributed by atoms with Crippen LogP contribution in [0.1, 0.15) is 35.0 Å². The molecule has 0 spiro atoms. The lowest BCUT2D eigenvalue weighted by atomic mass is 10.2. The molecule has 88 valence electrons. The quantitative estimate of drug-likeness (QED) is 0.823. The summed E-state index contributed by atoms with van der Waals surface area (Å²) in [5.74, 6) is 0.440. The Morgan fingerprint density at radius 3 is 2.94 bits per heavy atom. The standard InChI is InChI=1S/C12H17NO2S/c1-2-8-5-11(16-7-8)12(15)13-10(6-14)9-3-4-9/h5,7,9-10,14H,2-4,6H2,1H3,(H,13,15). The van der Waals surface area contributed by atoms with Gasteiger partial charge in [0.1, 0.15) is 0 Å². The highest BCUT2D eigenvalue weighted by atomic mass is 32.1. The molecule has 1 saturated carbocycles. The van der Waals surface area contributed by atoms with Gasteiger partial charge in [-0.2, -0.15) is 0 Å². The van der Waals surface area contributed by atoms with Crippen molar-refractivity contribution in [2.24, 2.45) is 5.92 Å². The van der Waals surface area contributed by atoms with Gasteiger partial charge < -0.3 is 10.4 Å². The Balaban J connectivity index is 1.95. The number of rotatable bonds is 5. The maximum Gasteiger partial charge on any atom is 0.261 e. The molecule has 4 heteroatoms. The molecular weight excluding hydrogens is 222 g/mol. The number of amides is 1. The molecule has 1 heterocycles. The van der Waals surface area contributed by atoms with Crippen LogP contribution in [0.15, 0.2) is 11.4 Å². The van der Waals surface area contributed by atoms with Crippen LogP contribution in [0.4, 0.5) is 0 Å². The average molecular weight is 239 g/mol. The van der Waals surface area contributed by atoms with Crippen LogP contribution >= 0.6 is 11.3 Å². The Morgan fingerprint density at radius 1 is 1.69 bits per heavy atom. The smallest absolute Gasteiger partial charge is 0.261 e. The summed E-state index contributed by atoms with van der Waals surface area (Å²) >= 11 is 1.47. The minimum absolute atomic E-state index is 0.0441. The van der Waals surface area contributed by atoms with Crippen LogP contribution < -0.4 is 5.32 Å². The molecule has 16 heavy (non-hydrogen) atoms. The van der Waals surface area contributed by atoms with E-state index in [0.717, 1.165) is 24.1 Å². The zero-order valence-electron chi connectivity index (χ0n) is 9.40. The summed E-state index contributed by atoms with van der Waals surface area (Å²) in [5.41, 5.74) is 1.20. The van der Waals surface area contributed by atoms with Gasteiger partial charge in [0.25, 0.3) is 5.91 Å². The number of carbonyl (C=O) groups excluding carboxylic acids is 1. The second-order valence-corrected chi connectivity index (χ2v) is 5.18. The third-order valence-corrected chi connectivity index (χ3v) is 3.97. The molecule has 3 nitrogen and oxygen atoms in total. The first-order valence-electron chi connectivity index (χ1n) is 5.73. The van der Waals surface area contributed by atoms with Crippen molar-refractivity contribution in [1.82, 2.24) is 5.32 Å². The summed E-state index contributed by atoms with van der Waals surface area (Å²) in [4.78, 5) is 12.6. The molecule has 1 aliphatic rings. The fourth-order valence-electron chi connectivity index (χ4n) is 1.73. The van der Waals surface area contributed by atoms with Crippen molar-refractivity contribution in [1.29, 1.82) is 0 Å². The van der Waals surface area contributed by atoms with Crippen LogP contribution in [0.5, 0.6) is 0 Å². The van der Waals surface area contributed by atoms with E-state index < -0.39 is 0 Å². The van der Waals surface area contributed by atoms with E-state index in [0.29, 0.717) is 5.92 Å². The number of hydrogen-bond donors (Lipinski definition) is 2. The van der Waals surface area contributed by atoms with Crippen LogP contribution in [-0.4, -0.2) is 23.7 Å². The van der Waals surface area contributed by atoms with Gasteiger partial charge in [0.2, 0.25) is 0 Å². The van der Waals surface area contributed by atoms with Gasteiger partial charge in [-0.15, -0.1) is 11.3 Å². The number of nitrogens with one attached hydrogen (secondary N) is 1. The van der Waals surface area contributed by atoms with E-state index in [4.69, 9.17) is 0 Å². The van der Waals surface area contributed by atoms with E-state index in [1.807, 2.05) is 11.4 Å². The number of aliphatic hydroxyl groups is 1. The van der Waals surface area contributed by atoms with E-state index in [2.05, 4.69) is 12.2 Å². The first-order valence-corrected chi connectivity index (χ1v) is 6.61. The van der Waals surface area contributed by atoms with Gasteiger partial charge >= 0.3 is 0 Å². The maximum atomic E-state index is 11.9. The molecule has 1 aliphatic carbocycles. The van der Waals surface area contributed by atoms with Crippen molar-refractivity contribution >= 4 is 17.2 Å².